The van der Waals surface area contributed by atoms with E-state index in [1.54, 1.807) is 0 Å². The number of aliphatic hydroxyl groups excluding tert-OH is 3. The van der Waals surface area contributed by atoms with Gasteiger partial charge in [-0.1, -0.05) is 0 Å². The van der Waals surface area contributed by atoms with Crippen LogP contribution in [0, 0.1) is 0 Å². The minimum absolute atomic E-state index is 0.148. The zero-order valence-electron chi connectivity index (χ0n) is 8.78. The number of aliphatic carboxylic acids is 2. The lowest BCUT2D eigenvalue weighted by molar-refractivity contribution is -0.165. The van der Waals surface area contributed by atoms with Crippen LogP contribution in [0.4, 0.5) is 0 Å². The third-order valence-electron chi connectivity index (χ3n) is 1.39. The van der Waals surface area contributed by atoms with Crippen molar-refractivity contribution in [1.29, 1.82) is 0 Å². The van der Waals surface area contributed by atoms with Crippen LogP contribution < -0.4 is 5.73 Å². The van der Waals surface area contributed by atoms with Gasteiger partial charge in [-0.3, -0.25) is 0 Å². The smallest absolute Gasteiger partial charge is 0.335 e. The molecule has 0 aromatic heterocycles. The van der Waals surface area contributed by atoms with E-state index in [1.807, 2.05) is 6.92 Å². The summed E-state index contributed by atoms with van der Waals surface area (Å²) in [5.74, 6) is -3.54. The zero-order chi connectivity index (χ0) is 13.3. The maximum Gasteiger partial charge on any atom is 0.335 e. The van der Waals surface area contributed by atoms with E-state index in [2.05, 4.69) is 0 Å². The van der Waals surface area contributed by atoms with Crippen molar-refractivity contribution in [3.8, 4) is 0 Å². The Morgan fingerprint density at radius 1 is 1.12 bits per heavy atom. The number of carbonyl (C=O) groups is 2. The normalized spacial score (nSPS) is 15.3. The summed E-state index contributed by atoms with van der Waals surface area (Å²) in [6, 6.07) is 0.148. The Balaban J connectivity index is 0. The Hall–Kier alpha value is -1.22. The molecule has 0 aromatic carbocycles. The predicted molar refractivity (Wildman–Crippen MR) is 52.6 cm³/mol. The summed E-state index contributed by atoms with van der Waals surface area (Å²) in [5.41, 5.74) is 5.24. The average molecular weight is 239 g/mol. The van der Waals surface area contributed by atoms with Crippen molar-refractivity contribution >= 4 is 11.9 Å². The minimum Gasteiger partial charge on any atom is -0.479 e. The van der Waals surface area contributed by atoms with Crippen LogP contribution in [0.25, 0.3) is 0 Å². The van der Waals surface area contributed by atoms with Crippen LogP contribution in [0.1, 0.15) is 13.3 Å². The highest BCUT2D eigenvalue weighted by Crippen LogP contribution is 1.92. The van der Waals surface area contributed by atoms with Gasteiger partial charge in [0.25, 0.3) is 0 Å². The van der Waals surface area contributed by atoms with Crippen molar-refractivity contribution in [3.63, 3.8) is 0 Å². The van der Waals surface area contributed by atoms with Crippen molar-refractivity contribution < 1.29 is 35.1 Å². The molecule has 0 radical (unpaired) electrons. The Labute approximate surface area is 91.9 Å². The Kier molecular flexibility index (Phi) is 9.71. The van der Waals surface area contributed by atoms with Crippen LogP contribution in [-0.4, -0.2) is 62.3 Å². The first-order valence-electron chi connectivity index (χ1n) is 4.42. The standard InChI is InChI=1S/C4H11NO.C4H6O6/c1-4(5)2-3-6;5-1(3(7)8)2(6)4(9)10/h4,6H,2-3,5H2,1H3;1-2,5-6H,(H,7,8)(H,9,10)/t4-;/m1./s1. The lowest BCUT2D eigenvalue weighted by Gasteiger charge is -2.07. The molecule has 0 aliphatic carbocycles. The molecule has 0 aromatic rings. The van der Waals surface area contributed by atoms with Gasteiger partial charge >= 0.3 is 11.9 Å². The van der Waals surface area contributed by atoms with Crippen molar-refractivity contribution in [2.45, 2.75) is 31.6 Å². The van der Waals surface area contributed by atoms with Gasteiger partial charge < -0.3 is 31.3 Å². The molecule has 16 heavy (non-hydrogen) atoms. The zero-order valence-corrected chi connectivity index (χ0v) is 8.78. The third kappa shape index (κ3) is 9.34. The summed E-state index contributed by atoms with van der Waals surface area (Å²) in [6.45, 7) is 2.08. The molecule has 8 nitrogen and oxygen atoms in total. The van der Waals surface area contributed by atoms with Gasteiger partial charge in [-0.25, -0.2) is 9.59 Å². The van der Waals surface area contributed by atoms with Gasteiger partial charge in [-0.05, 0) is 13.3 Å². The number of nitrogens with two attached hydrogens (primary N) is 1. The molecule has 96 valence electrons. The lowest BCUT2D eigenvalue weighted by Crippen LogP contribution is -2.39. The molecule has 0 aliphatic rings. The summed E-state index contributed by atoms with van der Waals surface area (Å²) in [7, 11) is 0. The molecule has 2 unspecified atom stereocenters. The van der Waals surface area contributed by atoms with Gasteiger partial charge in [0, 0.05) is 12.6 Å². The highest BCUT2D eigenvalue weighted by molar-refractivity contribution is 5.83. The molecule has 0 rings (SSSR count). The van der Waals surface area contributed by atoms with Gasteiger partial charge in [-0.15, -0.1) is 0 Å². The maximum absolute atomic E-state index is 9.77. The summed E-state index contributed by atoms with van der Waals surface area (Å²) < 4.78 is 0. The number of aliphatic hydroxyl groups is 3. The van der Waals surface area contributed by atoms with Crippen molar-refractivity contribution in [2.24, 2.45) is 5.73 Å². The molecular formula is C8H17NO7. The molecule has 7 N–H and O–H groups in total. The third-order valence-corrected chi connectivity index (χ3v) is 1.39. The second-order valence-corrected chi connectivity index (χ2v) is 3.06. The fourth-order valence-electron chi connectivity index (χ4n) is 0.474. The Bertz CT molecular complexity index is 200. The lowest BCUT2D eigenvalue weighted by atomic mass is 10.2. The first-order chi connectivity index (χ1) is 7.23. The molecule has 0 saturated heterocycles. The average Bonchev–Trinajstić information content (AvgIpc) is 2.15. The molecule has 8 heteroatoms. The molecule has 3 atom stereocenters. The summed E-state index contributed by atoms with van der Waals surface area (Å²) in [6.07, 6.45) is -3.82. The van der Waals surface area contributed by atoms with E-state index in [1.165, 1.54) is 0 Å². The number of hydrogen-bond acceptors (Lipinski definition) is 6. The van der Waals surface area contributed by atoms with Gasteiger partial charge in [0.2, 0.25) is 0 Å². The maximum atomic E-state index is 9.77. The van der Waals surface area contributed by atoms with E-state index in [0.29, 0.717) is 6.42 Å². The van der Waals surface area contributed by atoms with Gasteiger partial charge in [0.1, 0.15) is 0 Å². The second-order valence-electron chi connectivity index (χ2n) is 3.06. The van der Waals surface area contributed by atoms with Crippen LogP contribution in [0.5, 0.6) is 0 Å². The van der Waals surface area contributed by atoms with Crippen LogP contribution in [-0.2, 0) is 9.59 Å². The fraction of sp³-hybridized carbons (Fsp3) is 0.750. The van der Waals surface area contributed by atoms with E-state index in [-0.39, 0.29) is 12.6 Å². The minimum atomic E-state index is -2.27. The van der Waals surface area contributed by atoms with E-state index < -0.39 is 24.1 Å². The summed E-state index contributed by atoms with van der Waals surface area (Å²) >= 11 is 0. The van der Waals surface area contributed by atoms with Gasteiger partial charge in [0.05, 0.1) is 0 Å². The van der Waals surface area contributed by atoms with Crippen molar-refractivity contribution in [3.05, 3.63) is 0 Å². The topological polar surface area (TPSA) is 161 Å². The first-order valence-corrected chi connectivity index (χ1v) is 4.42. The molecule has 0 heterocycles. The molecular weight excluding hydrogens is 222 g/mol. The molecule has 0 aliphatic heterocycles. The molecule has 0 spiro atoms. The SMILES string of the molecule is C[C@@H](N)CCO.O=C(O)C(O)C(O)C(=O)O. The summed E-state index contributed by atoms with van der Waals surface area (Å²) in [5, 5.41) is 40.7. The predicted octanol–water partition coefficient (Wildman–Crippen LogP) is -2.41. The van der Waals surface area contributed by atoms with Gasteiger partial charge in [0.15, 0.2) is 12.2 Å². The number of rotatable bonds is 5. The molecule has 0 bridgehead atoms. The number of carboxylic acid groups (broad SMARTS) is 2. The van der Waals surface area contributed by atoms with Crippen molar-refractivity contribution in [1.82, 2.24) is 0 Å². The number of hydrogen-bond donors (Lipinski definition) is 6. The van der Waals surface area contributed by atoms with E-state index in [4.69, 9.17) is 31.3 Å². The van der Waals surface area contributed by atoms with E-state index in [9.17, 15) is 9.59 Å². The largest absolute Gasteiger partial charge is 0.479 e. The second kappa shape index (κ2) is 9.04. The Morgan fingerprint density at radius 2 is 1.44 bits per heavy atom. The monoisotopic (exact) mass is 239 g/mol. The fourth-order valence-corrected chi connectivity index (χ4v) is 0.474. The van der Waals surface area contributed by atoms with Crippen LogP contribution >= 0.6 is 0 Å². The van der Waals surface area contributed by atoms with Crippen LogP contribution in [0.15, 0.2) is 0 Å². The highest BCUT2D eigenvalue weighted by atomic mass is 16.4. The van der Waals surface area contributed by atoms with Gasteiger partial charge in [-0.2, -0.15) is 0 Å². The molecule has 0 saturated carbocycles. The molecule has 0 amide bonds. The highest BCUT2D eigenvalue weighted by Gasteiger charge is 2.29. The van der Waals surface area contributed by atoms with E-state index in [0.717, 1.165) is 0 Å². The molecule has 0 fully saturated rings. The summed E-state index contributed by atoms with van der Waals surface area (Å²) in [4.78, 5) is 19.5. The quantitative estimate of drug-likeness (QED) is 0.309. The van der Waals surface area contributed by atoms with Crippen molar-refractivity contribution in [2.75, 3.05) is 6.61 Å². The first kappa shape index (κ1) is 17.2. The Morgan fingerprint density at radius 3 is 1.50 bits per heavy atom. The number of carboxylic acids is 2. The van der Waals surface area contributed by atoms with Crippen LogP contribution in [0.2, 0.25) is 0 Å². The van der Waals surface area contributed by atoms with E-state index >= 15 is 0 Å². The van der Waals surface area contributed by atoms with Crippen LogP contribution in [0.3, 0.4) is 0 Å².